The minimum Gasteiger partial charge on any atom is -0.496 e. The molecule has 1 saturated heterocycles. The van der Waals surface area contributed by atoms with Crippen LogP contribution in [0.25, 0.3) is 11.1 Å². The van der Waals surface area contributed by atoms with E-state index in [9.17, 15) is 23.3 Å². The molecule has 0 bridgehead atoms. The highest BCUT2D eigenvalue weighted by Gasteiger charge is 2.25. The molecule has 1 heterocycles. The Labute approximate surface area is 329 Å². The van der Waals surface area contributed by atoms with Gasteiger partial charge in [0.15, 0.2) is 0 Å². The van der Waals surface area contributed by atoms with E-state index in [1.807, 2.05) is 56.6 Å². The van der Waals surface area contributed by atoms with Crippen molar-refractivity contribution < 1.29 is 22.9 Å². The largest absolute Gasteiger partial charge is 0.496 e. The van der Waals surface area contributed by atoms with Gasteiger partial charge in [0.1, 0.15) is 11.4 Å². The van der Waals surface area contributed by atoms with Gasteiger partial charge in [0.05, 0.1) is 16.9 Å². The number of piperazine rings is 1. The second-order valence-corrected chi connectivity index (χ2v) is 16.9. The number of carbonyl (C=O) groups excluding carboxylic acids is 1. The van der Waals surface area contributed by atoms with Gasteiger partial charge in [-0.1, -0.05) is 42.5 Å². The van der Waals surface area contributed by atoms with Gasteiger partial charge in [-0.15, -0.1) is 11.8 Å². The Balaban J connectivity index is 1.23. The lowest BCUT2D eigenvalue weighted by molar-refractivity contribution is -0.384. The summed E-state index contributed by atoms with van der Waals surface area (Å²) in [5, 5.41) is 15.5. The van der Waals surface area contributed by atoms with E-state index in [0.29, 0.717) is 11.5 Å². The van der Waals surface area contributed by atoms with Gasteiger partial charge in [0.25, 0.3) is 21.6 Å². The number of hydrogen-bond acceptors (Lipinski definition) is 11. The molecular weight excluding hydrogens is 737 g/mol. The van der Waals surface area contributed by atoms with Crippen molar-refractivity contribution in [3.63, 3.8) is 0 Å². The maximum absolute atomic E-state index is 13.4. The van der Waals surface area contributed by atoms with Crippen LogP contribution < -0.4 is 14.8 Å². The molecule has 14 heteroatoms. The molecule has 0 aliphatic carbocycles. The number of hydrogen-bond donors (Lipinski definition) is 2. The molecule has 0 radical (unpaired) electrons. The normalized spacial score (nSPS) is 14.4. The minimum absolute atomic E-state index is 0.121. The van der Waals surface area contributed by atoms with Crippen molar-refractivity contribution >= 4 is 39.1 Å². The zero-order valence-corrected chi connectivity index (χ0v) is 33.7. The molecule has 1 aliphatic heterocycles. The standard InChI is InChI=1S/C41H52N6O6S2/c1-44(2)22-9-11-34(30-54-35-12-6-5-7-13-35)42-38-21-19-36(29-39(38)47(49)50)55(51,52)43-41(48)33-17-15-32(16-18-33)37-20-14-31(28-40(37)53-4)10-8-23-46-26-24-45(3)25-27-46/h5-7,12-21,28-29,34,42H,8-11,22-27,30H2,1-4H3,(H,43,48)/t34-/m1/s1. The number of nitrogens with one attached hydrogen (secondary N) is 2. The van der Waals surface area contributed by atoms with Gasteiger partial charge in [0.2, 0.25) is 0 Å². The fourth-order valence-electron chi connectivity index (χ4n) is 6.49. The number of thioether (sulfide) groups is 1. The monoisotopic (exact) mass is 788 g/mol. The topological polar surface area (TPSA) is 137 Å². The SMILES string of the molecule is COc1cc(CCCN2CCN(C)CC2)ccc1-c1ccc(C(=O)NS(=O)(=O)c2ccc(N[C@H](CCCN(C)C)CSc3ccccc3)c([N+](=O)[O-])c2)cc1. The van der Waals surface area contributed by atoms with Crippen molar-refractivity contribution in [3.8, 4) is 16.9 Å². The number of rotatable bonds is 19. The maximum Gasteiger partial charge on any atom is 0.293 e. The summed E-state index contributed by atoms with van der Waals surface area (Å²) in [6.45, 7) is 6.31. The fraction of sp³-hybridized carbons (Fsp3) is 0.390. The molecular formula is C41H52N6O6S2. The summed E-state index contributed by atoms with van der Waals surface area (Å²) in [4.78, 5) is 32.4. The average molecular weight is 789 g/mol. The Morgan fingerprint density at radius 1 is 0.964 bits per heavy atom. The van der Waals surface area contributed by atoms with E-state index in [0.717, 1.165) is 87.0 Å². The molecule has 1 aliphatic rings. The zero-order chi connectivity index (χ0) is 39.4. The Morgan fingerprint density at radius 3 is 2.36 bits per heavy atom. The molecule has 1 fully saturated rings. The van der Waals surface area contributed by atoms with Gasteiger partial charge in [-0.05, 0) is 114 Å². The quantitative estimate of drug-likeness (QED) is 0.0614. The number of anilines is 1. The number of aryl methyl sites for hydroxylation is 1. The van der Waals surface area contributed by atoms with Gasteiger partial charge >= 0.3 is 0 Å². The van der Waals surface area contributed by atoms with E-state index >= 15 is 0 Å². The molecule has 55 heavy (non-hydrogen) atoms. The number of amides is 1. The average Bonchev–Trinajstić information content (AvgIpc) is 3.17. The predicted octanol–water partition coefficient (Wildman–Crippen LogP) is 6.48. The van der Waals surface area contributed by atoms with Crippen molar-refractivity contribution in [1.29, 1.82) is 0 Å². The Kier molecular flexibility index (Phi) is 15.1. The van der Waals surface area contributed by atoms with Crippen molar-refractivity contribution in [2.75, 3.05) is 78.6 Å². The van der Waals surface area contributed by atoms with E-state index in [2.05, 4.69) is 37.9 Å². The summed E-state index contributed by atoms with van der Waals surface area (Å²) in [5.41, 5.74) is 2.78. The minimum atomic E-state index is -4.44. The molecule has 0 aromatic heterocycles. The van der Waals surface area contributed by atoms with Crippen LogP contribution in [-0.2, 0) is 16.4 Å². The summed E-state index contributed by atoms with van der Waals surface area (Å²) >= 11 is 1.64. The molecule has 1 amide bonds. The maximum atomic E-state index is 13.4. The third-order valence-electron chi connectivity index (χ3n) is 9.67. The van der Waals surface area contributed by atoms with E-state index in [1.165, 1.54) is 17.7 Å². The van der Waals surface area contributed by atoms with Crippen molar-refractivity contribution in [3.05, 3.63) is 112 Å². The Hall–Kier alpha value is -4.47. The van der Waals surface area contributed by atoms with Gasteiger partial charge in [0, 0.05) is 60.1 Å². The van der Waals surface area contributed by atoms with Crippen molar-refractivity contribution in [2.24, 2.45) is 0 Å². The molecule has 0 saturated carbocycles. The summed E-state index contributed by atoms with van der Waals surface area (Å²) in [6.07, 6.45) is 3.61. The zero-order valence-electron chi connectivity index (χ0n) is 32.1. The number of carbonyl (C=O) groups is 1. The Bertz CT molecular complexity index is 1990. The van der Waals surface area contributed by atoms with Crippen LogP contribution in [0.2, 0.25) is 0 Å². The smallest absolute Gasteiger partial charge is 0.293 e. The van der Waals surface area contributed by atoms with E-state index in [1.54, 1.807) is 43.1 Å². The molecule has 0 spiro atoms. The first-order valence-corrected chi connectivity index (χ1v) is 21.0. The number of nitro benzene ring substituents is 1. The van der Waals surface area contributed by atoms with Gasteiger partial charge in [-0.2, -0.15) is 0 Å². The molecule has 5 rings (SSSR count). The van der Waals surface area contributed by atoms with E-state index in [4.69, 9.17) is 4.74 Å². The third kappa shape index (κ3) is 12.3. The first-order chi connectivity index (χ1) is 26.4. The summed E-state index contributed by atoms with van der Waals surface area (Å²) in [6, 6.07) is 26.1. The lowest BCUT2D eigenvalue weighted by atomic mass is 9.99. The van der Waals surface area contributed by atoms with Gasteiger partial charge < -0.3 is 24.8 Å². The van der Waals surface area contributed by atoms with Crippen molar-refractivity contribution in [2.45, 2.75) is 41.5 Å². The lowest BCUT2D eigenvalue weighted by Crippen LogP contribution is -2.44. The summed E-state index contributed by atoms with van der Waals surface area (Å²) in [7, 11) is 3.33. The summed E-state index contributed by atoms with van der Waals surface area (Å²) in [5.74, 6) is 0.517. The highest BCUT2D eigenvalue weighted by molar-refractivity contribution is 7.99. The molecule has 1 atom stereocenters. The van der Waals surface area contributed by atoms with Crippen LogP contribution in [0.5, 0.6) is 5.75 Å². The number of likely N-dealkylation sites (N-methyl/N-ethyl adjacent to an activating group) is 1. The van der Waals surface area contributed by atoms with Gasteiger partial charge in [-0.3, -0.25) is 14.9 Å². The second-order valence-electron chi connectivity index (χ2n) is 14.1. The molecule has 2 N–H and O–H groups in total. The summed E-state index contributed by atoms with van der Waals surface area (Å²) < 4.78 is 34.5. The number of ether oxygens (including phenoxy) is 1. The number of nitrogens with zero attached hydrogens (tertiary/aromatic N) is 4. The van der Waals surface area contributed by atoms with Crippen LogP contribution >= 0.6 is 11.8 Å². The van der Waals surface area contributed by atoms with Crippen LogP contribution in [0, 0.1) is 10.1 Å². The molecule has 12 nitrogen and oxygen atoms in total. The number of nitro groups is 1. The predicted molar refractivity (Wildman–Crippen MR) is 221 cm³/mol. The highest BCUT2D eigenvalue weighted by atomic mass is 32.2. The third-order valence-corrected chi connectivity index (χ3v) is 12.2. The second kappa shape index (κ2) is 19.9. The number of sulfonamides is 1. The lowest BCUT2D eigenvalue weighted by Gasteiger charge is -2.32. The van der Waals surface area contributed by atoms with Crippen LogP contribution in [0.15, 0.2) is 101 Å². The van der Waals surface area contributed by atoms with Crippen LogP contribution in [0.3, 0.4) is 0 Å². The van der Waals surface area contributed by atoms with E-state index < -0.39 is 26.5 Å². The first-order valence-electron chi connectivity index (χ1n) is 18.5. The number of benzene rings is 4. The van der Waals surface area contributed by atoms with Crippen molar-refractivity contribution in [1.82, 2.24) is 19.4 Å². The molecule has 4 aromatic carbocycles. The van der Waals surface area contributed by atoms with Gasteiger partial charge in [-0.25, -0.2) is 13.1 Å². The molecule has 4 aromatic rings. The molecule has 294 valence electrons. The van der Waals surface area contributed by atoms with Crippen LogP contribution in [0.1, 0.15) is 35.2 Å². The number of methoxy groups -OCH3 is 1. The fourth-order valence-corrected chi connectivity index (χ4v) is 8.47. The first kappa shape index (κ1) is 41.7. The highest BCUT2D eigenvalue weighted by Crippen LogP contribution is 2.33. The van der Waals surface area contributed by atoms with Crippen LogP contribution in [-0.4, -0.2) is 113 Å². The molecule has 0 unspecified atom stereocenters. The Morgan fingerprint density at radius 2 is 1.69 bits per heavy atom. The van der Waals surface area contributed by atoms with Crippen LogP contribution in [0.4, 0.5) is 11.4 Å². The van der Waals surface area contributed by atoms with E-state index in [-0.39, 0.29) is 22.2 Å².